The first-order valence-electron chi connectivity index (χ1n) is 5.75. The van der Waals surface area contributed by atoms with E-state index < -0.39 is 0 Å². The van der Waals surface area contributed by atoms with Crippen LogP contribution in [-0.4, -0.2) is 30.6 Å². The topological polar surface area (TPSA) is 29.3 Å². The van der Waals surface area contributed by atoms with E-state index in [-0.39, 0.29) is 0 Å². The molecule has 0 amide bonds. The van der Waals surface area contributed by atoms with Gasteiger partial charge in [-0.05, 0) is 37.6 Å². The SMILES string of the molecule is CC1CN(C2CCCC2CCN)C1. The third-order valence-electron chi connectivity index (χ3n) is 3.72. The van der Waals surface area contributed by atoms with E-state index in [4.69, 9.17) is 5.73 Å². The lowest BCUT2D eigenvalue weighted by Gasteiger charge is -2.44. The maximum atomic E-state index is 5.64. The number of hydrogen-bond acceptors (Lipinski definition) is 2. The number of nitrogens with zero attached hydrogens (tertiary/aromatic N) is 1. The van der Waals surface area contributed by atoms with E-state index in [1.54, 1.807) is 0 Å². The normalized spacial score (nSPS) is 36.5. The van der Waals surface area contributed by atoms with Gasteiger partial charge in [0.05, 0.1) is 0 Å². The van der Waals surface area contributed by atoms with Crippen LogP contribution in [0.5, 0.6) is 0 Å². The van der Waals surface area contributed by atoms with Gasteiger partial charge in [-0.1, -0.05) is 13.3 Å². The van der Waals surface area contributed by atoms with Crippen molar-refractivity contribution in [1.29, 1.82) is 0 Å². The molecule has 2 fully saturated rings. The molecule has 0 aromatic carbocycles. The number of hydrogen-bond donors (Lipinski definition) is 1. The molecule has 0 spiro atoms. The van der Waals surface area contributed by atoms with Crippen LogP contribution < -0.4 is 5.73 Å². The standard InChI is InChI=1S/C11H22N2/c1-9-7-13(8-9)11-4-2-3-10(11)5-6-12/h9-11H,2-8,12H2,1H3. The molecule has 2 nitrogen and oxygen atoms in total. The van der Waals surface area contributed by atoms with Gasteiger partial charge in [-0.3, -0.25) is 4.90 Å². The van der Waals surface area contributed by atoms with Crippen LogP contribution in [0.1, 0.15) is 32.6 Å². The number of likely N-dealkylation sites (tertiary alicyclic amines) is 1. The van der Waals surface area contributed by atoms with E-state index in [0.29, 0.717) is 0 Å². The van der Waals surface area contributed by atoms with E-state index in [1.165, 1.54) is 38.8 Å². The Kier molecular flexibility index (Phi) is 2.89. The Balaban J connectivity index is 1.83. The van der Waals surface area contributed by atoms with Crippen molar-refractivity contribution in [3.8, 4) is 0 Å². The Labute approximate surface area is 81.5 Å². The van der Waals surface area contributed by atoms with E-state index in [9.17, 15) is 0 Å². The minimum Gasteiger partial charge on any atom is -0.330 e. The van der Waals surface area contributed by atoms with Crippen LogP contribution in [0.4, 0.5) is 0 Å². The van der Waals surface area contributed by atoms with Gasteiger partial charge >= 0.3 is 0 Å². The van der Waals surface area contributed by atoms with Crippen LogP contribution >= 0.6 is 0 Å². The van der Waals surface area contributed by atoms with Gasteiger partial charge in [-0.25, -0.2) is 0 Å². The van der Waals surface area contributed by atoms with Gasteiger partial charge in [0.15, 0.2) is 0 Å². The van der Waals surface area contributed by atoms with Crippen LogP contribution in [0.25, 0.3) is 0 Å². The minimum absolute atomic E-state index is 0.880. The summed E-state index contributed by atoms with van der Waals surface area (Å²) in [5.74, 6) is 1.86. The van der Waals surface area contributed by atoms with Gasteiger partial charge in [0.1, 0.15) is 0 Å². The zero-order chi connectivity index (χ0) is 9.26. The molecule has 0 aromatic heterocycles. The zero-order valence-electron chi connectivity index (χ0n) is 8.71. The van der Waals surface area contributed by atoms with Crippen LogP contribution in [0.15, 0.2) is 0 Å². The second kappa shape index (κ2) is 3.97. The molecule has 0 aromatic rings. The van der Waals surface area contributed by atoms with Crippen molar-refractivity contribution in [1.82, 2.24) is 4.90 Å². The summed E-state index contributed by atoms with van der Waals surface area (Å²) in [5, 5.41) is 0. The van der Waals surface area contributed by atoms with Crippen LogP contribution in [0.3, 0.4) is 0 Å². The summed E-state index contributed by atoms with van der Waals surface area (Å²) in [6, 6.07) is 0.889. The summed E-state index contributed by atoms with van der Waals surface area (Å²) in [6.45, 7) is 5.91. The van der Waals surface area contributed by atoms with Gasteiger partial charge in [0.2, 0.25) is 0 Å². The first-order valence-corrected chi connectivity index (χ1v) is 5.75. The van der Waals surface area contributed by atoms with Gasteiger partial charge in [-0.2, -0.15) is 0 Å². The molecule has 0 radical (unpaired) electrons. The van der Waals surface area contributed by atoms with Crippen molar-refractivity contribution in [2.45, 2.75) is 38.6 Å². The van der Waals surface area contributed by atoms with E-state index >= 15 is 0 Å². The summed E-state index contributed by atoms with van der Waals surface area (Å²) in [4.78, 5) is 2.68. The van der Waals surface area contributed by atoms with Crippen molar-refractivity contribution in [2.75, 3.05) is 19.6 Å². The van der Waals surface area contributed by atoms with Crippen molar-refractivity contribution < 1.29 is 0 Å². The molecular formula is C11H22N2. The van der Waals surface area contributed by atoms with Crippen molar-refractivity contribution in [3.63, 3.8) is 0 Å². The summed E-state index contributed by atoms with van der Waals surface area (Å²) < 4.78 is 0. The second-order valence-corrected chi connectivity index (χ2v) is 4.89. The molecule has 13 heavy (non-hydrogen) atoms. The molecule has 1 heterocycles. The highest BCUT2D eigenvalue weighted by Crippen LogP contribution is 2.35. The lowest BCUT2D eigenvalue weighted by atomic mass is 9.92. The number of nitrogens with two attached hydrogens (primary N) is 1. The molecule has 2 heteroatoms. The van der Waals surface area contributed by atoms with Crippen LogP contribution in [0, 0.1) is 11.8 Å². The fourth-order valence-corrected chi connectivity index (χ4v) is 3.07. The predicted molar refractivity (Wildman–Crippen MR) is 55.5 cm³/mol. The molecular weight excluding hydrogens is 160 g/mol. The zero-order valence-corrected chi connectivity index (χ0v) is 8.71. The van der Waals surface area contributed by atoms with Crippen molar-refractivity contribution >= 4 is 0 Å². The maximum absolute atomic E-state index is 5.64. The molecule has 2 unspecified atom stereocenters. The average molecular weight is 182 g/mol. The maximum Gasteiger partial charge on any atom is 0.0124 e. The molecule has 2 aliphatic rings. The van der Waals surface area contributed by atoms with Crippen LogP contribution in [0.2, 0.25) is 0 Å². The Bertz CT molecular complexity index is 163. The Morgan fingerprint density at radius 3 is 2.69 bits per heavy atom. The largest absolute Gasteiger partial charge is 0.330 e. The molecule has 76 valence electrons. The molecule has 1 saturated carbocycles. The average Bonchev–Trinajstić information content (AvgIpc) is 2.48. The summed E-state index contributed by atoms with van der Waals surface area (Å²) in [7, 11) is 0. The van der Waals surface area contributed by atoms with Crippen molar-refractivity contribution in [3.05, 3.63) is 0 Å². The van der Waals surface area contributed by atoms with Gasteiger partial charge in [0.25, 0.3) is 0 Å². The molecule has 2 N–H and O–H groups in total. The summed E-state index contributed by atoms with van der Waals surface area (Å²) in [5.41, 5.74) is 5.64. The second-order valence-electron chi connectivity index (χ2n) is 4.89. The predicted octanol–water partition coefficient (Wildman–Crippen LogP) is 1.46. The fourth-order valence-electron chi connectivity index (χ4n) is 3.07. The van der Waals surface area contributed by atoms with Crippen LogP contribution in [-0.2, 0) is 0 Å². The molecule has 2 rings (SSSR count). The van der Waals surface area contributed by atoms with E-state index in [1.807, 2.05) is 0 Å². The molecule has 0 bridgehead atoms. The molecule has 1 aliphatic heterocycles. The Hall–Kier alpha value is -0.0800. The third kappa shape index (κ3) is 1.89. The highest BCUT2D eigenvalue weighted by molar-refractivity contribution is 4.90. The first-order chi connectivity index (χ1) is 6.31. The van der Waals surface area contributed by atoms with Gasteiger partial charge in [0, 0.05) is 19.1 Å². The van der Waals surface area contributed by atoms with E-state index in [0.717, 1.165) is 24.4 Å². The molecule has 1 aliphatic carbocycles. The Morgan fingerprint density at radius 1 is 1.31 bits per heavy atom. The highest BCUT2D eigenvalue weighted by Gasteiger charge is 2.36. The highest BCUT2D eigenvalue weighted by atomic mass is 15.2. The lowest BCUT2D eigenvalue weighted by molar-refractivity contribution is 0.0425. The first kappa shape index (κ1) is 9.47. The number of rotatable bonds is 3. The summed E-state index contributed by atoms with van der Waals surface area (Å²) in [6.07, 6.45) is 5.53. The van der Waals surface area contributed by atoms with Crippen molar-refractivity contribution in [2.24, 2.45) is 17.6 Å². The monoisotopic (exact) mass is 182 g/mol. The Morgan fingerprint density at radius 2 is 2.08 bits per heavy atom. The quantitative estimate of drug-likeness (QED) is 0.716. The third-order valence-corrected chi connectivity index (χ3v) is 3.72. The lowest BCUT2D eigenvalue weighted by Crippen LogP contribution is -2.52. The van der Waals surface area contributed by atoms with E-state index in [2.05, 4.69) is 11.8 Å². The molecule has 2 atom stereocenters. The molecule has 1 saturated heterocycles. The fraction of sp³-hybridized carbons (Fsp3) is 1.00. The summed E-state index contributed by atoms with van der Waals surface area (Å²) >= 11 is 0. The minimum atomic E-state index is 0.880. The smallest absolute Gasteiger partial charge is 0.0124 e. The van der Waals surface area contributed by atoms with Gasteiger partial charge in [-0.15, -0.1) is 0 Å². The van der Waals surface area contributed by atoms with Gasteiger partial charge < -0.3 is 5.73 Å².